The molecule has 3 aliphatic rings. The highest BCUT2D eigenvalue weighted by molar-refractivity contribution is 5.89. The maximum absolute atomic E-state index is 12.9. The van der Waals surface area contributed by atoms with Gasteiger partial charge in [0.05, 0.1) is 25.4 Å². The molecule has 9 unspecified atom stereocenters. The van der Waals surface area contributed by atoms with Crippen LogP contribution in [0.5, 0.6) is 0 Å². The monoisotopic (exact) mass is 611 g/mol. The number of cyclic esters (lactones) is 1. The minimum Gasteiger partial charge on any atom is -0.499 e. The molecule has 2 saturated heterocycles. The van der Waals surface area contributed by atoms with Crippen LogP contribution in [-0.4, -0.2) is 161 Å². The molecule has 0 aromatic rings. The summed E-state index contributed by atoms with van der Waals surface area (Å²) in [5.41, 5.74) is 0. The van der Waals surface area contributed by atoms with E-state index in [4.69, 9.17) is 38.3 Å². The number of amides is 1. The number of carbonyl (C=O) groups excluding carboxylic acids is 3. The molecule has 0 aromatic heterocycles. The van der Waals surface area contributed by atoms with Gasteiger partial charge >= 0.3 is 11.9 Å². The quantitative estimate of drug-likeness (QED) is 0.0758. The van der Waals surface area contributed by atoms with Gasteiger partial charge in [0.15, 0.2) is 24.3 Å². The van der Waals surface area contributed by atoms with E-state index in [-0.39, 0.29) is 0 Å². The number of nitrogens with one attached hydrogen (secondary N) is 1. The predicted octanol–water partition coefficient (Wildman–Crippen LogP) is -4.91. The van der Waals surface area contributed by atoms with Gasteiger partial charge in [-0.1, -0.05) is 0 Å². The van der Waals surface area contributed by atoms with Crippen LogP contribution in [0.3, 0.4) is 0 Å². The van der Waals surface area contributed by atoms with E-state index in [0.29, 0.717) is 0 Å². The summed E-state index contributed by atoms with van der Waals surface area (Å²) in [4.78, 5) is 36.3. The van der Waals surface area contributed by atoms with E-state index in [1.165, 1.54) is 6.92 Å². The first kappa shape index (κ1) is 33.8. The van der Waals surface area contributed by atoms with Crippen molar-refractivity contribution in [1.29, 1.82) is 0 Å². The zero-order valence-electron chi connectivity index (χ0n) is 23.0. The molecule has 2 fully saturated rings. The third-order valence-electron chi connectivity index (χ3n) is 6.90. The fraction of sp³-hybridized carbons (Fsp3) is 0.792. The van der Waals surface area contributed by atoms with Gasteiger partial charge in [0.25, 0.3) is 0 Å². The van der Waals surface area contributed by atoms with E-state index in [1.54, 1.807) is 6.92 Å². The van der Waals surface area contributed by atoms with Crippen LogP contribution in [0, 0.1) is 0 Å². The zero-order chi connectivity index (χ0) is 31.3. The molecule has 8 N–H and O–H groups in total. The molecule has 240 valence electrons. The van der Waals surface area contributed by atoms with Crippen molar-refractivity contribution in [2.45, 2.75) is 87.2 Å². The van der Waals surface area contributed by atoms with Crippen LogP contribution >= 0.6 is 0 Å². The Morgan fingerprint density at radius 3 is 2.33 bits per heavy atom. The highest BCUT2D eigenvalue weighted by atomic mass is 16.7. The van der Waals surface area contributed by atoms with E-state index < -0.39 is 129 Å². The van der Waals surface area contributed by atoms with Gasteiger partial charge in [0.2, 0.25) is 11.7 Å². The van der Waals surface area contributed by atoms with Crippen molar-refractivity contribution < 1.29 is 83.3 Å². The van der Waals surface area contributed by atoms with E-state index in [0.717, 1.165) is 7.11 Å². The summed E-state index contributed by atoms with van der Waals surface area (Å²) in [5.74, 6) is -4.21. The molecule has 12 atom stereocenters. The second-order valence-electron chi connectivity index (χ2n) is 9.79. The van der Waals surface area contributed by atoms with Gasteiger partial charge in [-0.2, -0.15) is 0 Å². The lowest BCUT2D eigenvalue weighted by atomic mass is 9.92. The lowest BCUT2D eigenvalue weighted by molar-refractivity contribution is -0.328. The van der Waals surface area contributed by atoms with Crippen molar-refractivity contribution >= 4 is 17.8 Å². The molecule has 0 spiro atoms. The first-order valence-corrected chi connectivity index (χ1v) is 13.0. The van der Waals surface area contributed by atoms with E-state index in [9.17, 15) is 45.0 Å². The normalized spacial score (nSPS) is 37.6. The van der Waals surface area contributed by atoms with Crippen LogP contribution in [0.4, 0.5) is 0 Å². The number of hydrogen-bond acceptors (Lipinski definition) is 17. The van der Waals surface area contributed by atoms with Crippen molar-refractivity contribution in [2.75, 3.05) is 33.5 Å². The predicted molar refractivity (Wildman–Crippen MR) is 131 cm³/mol. The number of carbonyl (C=O) groups is 3. The first-order chi connectivity index (χ1) is 19.9. The topological polar surface area (TPSA) is 269 Å². The van der Waals surface area contributed by atoms with Crippen LogP contribution in [0.2, 0.25) is 0 Å². The Hall–Kier alpha value is -2.65. The van der Waals surface area contributed by atoms with Crippen LogP contribution < -0.4 is 5.32 Å². The standard InChI is InChI=1S/C24H37NO17/c1-8-12(25-9(2)28)18(13(30)11(7-27)39-8)41-24-15(32)14(31)19(36-3)21(42-24)23(35)38-5-4-37-20-16(33)22(34)40-17(20)10(29)6-26/h8,10-15,17-19,21,24,26-27,29-33H,4-7H2,1-3H3,(H,25,28)/t8-,10+,11?,12?,13?,14?,15?,17-,18?,19?,21?,24?/m1/s1. The minimum absolute atomic E-state index is 0.459. The van der Waals surface area contributed by atoms with Crippen LogP contribution in [0.1, 0.15) is 13.8 Å². The van der Waals surface area contributed by atoms with Crippen molar-refractivity contribution in [3.05, 3.63) is 11.5 Å². The summed E-state index contributed by atoms with van der Waals surface area (Å²) in [5, 5.41) is 72.9. The summed E-state index contributed by atoms with van der Waals surface area (Å²) in [6.07, 6.45) is -16.3. The number of rotatable bonds is 12. The van der Waals surface area contributed by atoms with E-state index >= 15 is 0 Å². The molecule has 0 bridgehead atoms. The Morgan fingerprint density at radius 1 is 1.05 bits per heavy atom. The lowest BCUT2D eigenvalue weighted by Gasteiger charge is -2.47. The van der Waals surface area contributed by atoms with Crippen LogP contribution in [0.15, 0.2) is 11.5 Å². The number of hydrogen-bond donors (Lipinski definition) is 8. The average molecular weight is 612 g/mol. The second kappa shape index (κ2) is 14.7. The molecule has 0 saturated carbocycles. The molecule has 18 heteroatoms. The summed E-state index contributed by atoms with van der Waals surface area (Å²) >= 11 is 0. The van der Waals surface area contributed by atoms with Gasteiger partial charge in [-0.25, -0.2) is 9.59 Å². The molecular weight excluding hydrogens is 574 g/mol. The Kier molecular flexibility index (Phi) is 11.8. The van der Waals surface area contributed by atoms with E-state index in [1.807, 2.05) is 0 Å². The minimum atomic E-state index is -1.80. The van der Waals surface area contributed by atoms with Crippen molar-refractivity contribution in [2.24, 2.45) is 0 Å². The van der Waals surface area contributed by atoms with Crippen molar-refractivity contribution in [3.63, 3.8) is 0 Å². The Bertz CT molecular complexity index is 992. The second-order valence-corrected chi connectivity index (χ2v) is 9.79. The highest BCUT2D eigenvalue weighted by Gasteiger charge is 2.53. The summed E-state index contributed by atoms with van der Waals surface area (Å²) < 4.78 is 37.1. The number of aliphatic hydroxyl groups is 7. The van der Waals surface area contributed by atoms with Crippen molar-refractivity contribution in [3.8, 4) is 0 Å². The Morgan fingerprint density at radius 2 is 1.74 bits per heavy atom. The summed E-state index contributed by atoms with van der Waals surface area (Å²) in [7, 11) is 1.13. The zero-order valence-corrected chi connectivity index (χ0v) is 23.0. The largest absolute Gasteiger partial charge is 0.499 e. The van der Waals surface area contributed by atoms with Crippen LogP contribution in [-0.2, 0) is 47.5 Å². The number of ether oxygens (including phenoxy) is 7. The number of esters is 2. The number of methoxy groups -OCH3 is 1. The fourth-order valence-corrected chi connectivity index (χ4v) is 4.77. The average Bonchev–Trinajstić information content (AvgIpc) is 3.24. The summed E-state index contributed by atoms with van der Waals surface area (Å²) in [6, 6.07) is -0.985. The third kappa shape index (κ3) is 7.28. The third-order valence-corrected chi connectivity index (χ3v) is 6.90. The van der Waals surface area contributed by atoms with E-state index in [2.05, 4.69) is 5.32 Å². The summed E-state index contributed by atoms with van der Waals surface area (Å²) in [6.45, 7) is 0.389. The molecular formula is C24H37NO17. The van der Waals surface area contributed by atoms with Gasteiger partial charge in [-0.15, -0.1) is 0 Å². The Labute approximate surface area is 239 Å². The molecule has 1 amide bonds. The SMILES string of the molecule is COC1C(C(=O)OCCOC2=C(O)C(=O)O[C@@H]2[C@@H](O)CO)OC(OC2C(O)C(CO)O[C@H](C)C2NC(C)=O)C(O)C1O. The van der Waals surface area contributed by atoms with Crippen LogP contribution in [0.25, 0.3) is 0 Å². The van der Waals surface area contributed by atoms with Gasteiger partial charge in [0.1, 0.15) is 55.9 Å². The van der Waals surface area contributed by atoms with Gasteiger partial charge in [-0.05, 0) is 6.92 Å². The lowest BCUT2D eigenvalue weighted by Crippen LogP contribution is -2.67. The molecule has 0 aromatic carbocycles. The molecule has 3 rings (SSSR count). The molecule has 0 aliphatic carbocycles. The highest BCUT2D eigenvalue weighted by Crippen LogP contribution is 2.30. The fourth-order valence-electron chi connectivity index (χ4n) is 4.77. The molecule has 42 heavy (non-hydrogen) atoms. The molecule has 18 nitrogen and oxygen atoms in total. The number of aliphatic hydroxyl groups excluding tert-OH is 7. The van der Waals surface area contributed by atoms with Gasteiger partial charge in [0, 0.05) is 14.0 Å². The molecule has 3 aliphatic heterocycles. The molecule has 3 heterocycles. The smallest absolute Gasteiger partial charge is 0.378 e. The maximum atomic E-state index is 12.9. The molecule has 0 radical (unpaired) electrons. The van der Waals surface area contributed by atoms with Crippen molar-refractivity contribution in [1.82, 2.24) is 5.32 Å². The first-order valence-electron chi connectivity index (χ1n) is 13.0. The maximum Gasteiger partial charge on any atom is 0.378 e. The Balaban J connectivity index is 1.68. The van der Waals surface area contributed by atoms with Gasteiger partial charge in [-0.3, -0.25) is 4.79 Å². The van der Waals surface area contributed by atoms with Gasteiger partial charge < -0.3 is 74.2 Å².